The molecule has 27 heavy (non-hydrogen) atoms. The summed E-state index contributed by atoms with van der Waals surface area (Å²) in [5.74, 6) is -1.34. The third-order valence-electron chi connectivity index (χ3n) is 2.44. The van der Waals surface area contributed by atoms with Crippen LogP contribution < -0.4 is 0 Å². The van der Waals surface area contributed by atoms with Gasteiger partial charge in [0.15, 0.2) is 0 Å². The number of hydrogen-bond donors (Lipinski definition) is 0. The third kappa shape index (κ3) is 23.8. The summed E-state index contributed by atoms with van der Waals surface area (Å²) < 4.78 is 18.8. The normalized spacial score (nSPS) is 10.1. The summed E-state index contributed by atoms with van der Waals surface area (Å²) in [6.07, 6.45) is 0. The average molecular weight is 393 g/mol. The number of rotatable bonds is 10. The van der Waals surface area contributed by atoms with Crippen molar-refractivity contribution in [3.8, 4) is 0 Å². The van der Waals surface area contributed by atoms with Crippen molar-refractivity contribution >= 4 is 23.9 Å². The van der Waals surface area contributed by atoms with Crippen LogP contribution in [0.15, 0.2) is 0 Å². The van der Waals surface area contributed by atoms with Gasteiger partial charge in [-0.3, -0.25) is 29.0 Å². The van der Waals surface area contributed by atoms with Crippen LogP contribution in [-0.4, -0.2) is 93.3 Å². The number of ether oxygens (including phenoxy) is 4. The van der Waals surface area contributed by atoms with Gasteiger partial charge in [-0.2, -0.15) is 0 Å². The molecule has 158 valence electrons. The summed E-state index contributed by atoms with van der Waals surface area (Å²) in [6, 6.07) is 0. The monoisotopic (exact) mass is 393 g/mol. The molecule has 0 saturated heterocycles. The lowest BCUT2D eigenvalue weighted by atomic mass is 10.7. The second-order valence-corrected chi connectivity index (χ2v) is 5.77. The first-order valence-electron chi connectivity index (χ1n) is 8.03. The summed E-state index contributed by atoms with van der Waals surface area (Å²) in [7, 11) is 5.27. The molecule has 0 aromatic carbocycles. The van der Waals surface area contributed by atoms with Crippen LogP contribution in [0.3, 0.4) is 0 Å². The minimum absolute atomic E-state index is 0.128. The highest BCUT2D eigenvalue weighted by molar-refractivity contribution is 5.66. The molecule has 0 fully saturated rings. The van der Waals surface area contributed by atoms with Crippen molar-refractivity contribution < 1.29 is 38.1 Å². The molecule has 0 aromatic heterocycles. The Hall–Kier alpha value is -2.24. The molecule has 0 unspecified atom stereocenters. The molecular weight excluding hydrogens is 362 g/mol. The maximum Gasteiger partial charge on any atom is 0.303 e. The van der Waals surface area contributed by atoms with Crippen molar-refractivity contribution in [2.45, 2.75) is 27.7 Å². The Kier molecular flexibility index (Phi) is 16.0. The molecule has 11 nitrogen and oxygen atoms in total. The van der Waals surface area contributed by atoms with Crippen molar-refractivity contribution in [3.05, 3.63) is 0 Å². The Bertz CT molecular complexity index is 433. The zero-order valence-electron chi connectivity index (χ0n) is 17.1. The molecule has 0 aromatic rings. The molecule has 0 spiro atoms. The summed E-state index contributed by atoms with van der Waals surface area (Å²) in [5.41, 5.74) is 0. The second kappa shape index (κ2) is 16.0. The van der Waals surface area contributed by atoms with E-state index in [1.165, 1.54) is 27.7 Å². The number of esters is 4. The van der Waals surface area contributed by atoms with Crippen LogP contribution >= 0.6 is 0 Å². The van der Waals surface area contributed by atoms with Gasteiger partial charge in [0.2, 0.25) is 0 Å². The van der Waals surface area contributed by atoms with Crippen LogP contribution in [0.4, 0.5) is 0 Å². The lowest BCUT2D eigenvalue weighted by Gasteiger charge is -2.23. The Morgan fingerprint density at radius 2 is 0.741 bits per heavy atom. The van der Waals surface area contributed by atoms with Crippen LogP contribution in [0.2, 0.25) is 0 Å². The molecule has 0 N–H and O–H groups in total. The van der Waals surface area contributed by atoms with Gasteiger partial charge < -0.3 is 18.9 Å². The van der Waals surface area contributed by atoms with Crippen LogP contribution in [0.25, 0.3) is 0 Å². The Balaban J connectivity index is 0. The van der Waals surface area contributed by atoms with E-state index in [0.717, 1.165) is 0 Å². The van der Waals surface area contributed by atoms with Gasteiger partial charge in [0.05, 0.1) is 6.67 Å². The number of hydrogen-bond acceptors (Lipinski definition) is 11. The van der Waals surface area contributed by atoms with Gasteiger partial charge in [-0.15, -0.1) is 0 Å². The van der Waals surface area contributed by atoms with Gasteiger partial charge in [-0.1, -0.05) is 0 Å². The zero-order chi connectivity index (χ0) is 21.4. The van der Waals surface area contributed by atoms with Gasteiger partial charge in [0.1, 0.15) is 26.9 Å². The quantitative estimate of drug-likeness (QED) is 0.279. The van der Waals surface area contributed by atoms with E-state index in [0.29, 0.717) is 6.67 Å². The highest BCUT2D eigenvalue weighted by Gasteiger charge is 2.05. The zero-order valence-corrected chi connectivity index (χ0v) is 17.1. The van der Waals surface area contributed by atoms with Gasteiger partial charge in [-0.25, -0.2) is 4.90 Å². The summed E-state index contributed by atoms with van der Waals surface area (Å²) in [6.45, 7) is 6.59. The standard InChI is InChI=1S/C9H18N2O4.C7H13NO4/c1-8(12)14-6-10(3)5-11(4)7-15-9(2)13;1-6(9)11-4-8(3)5-12-7(2)10/h5-7H2,1-4H3;4-5H2,1-3H3. The van der Waals surface area contributed by atoms with Crippen LogP contribution in [0.1, 0.15) is 27.7 Å². The lowest BCUT2D eigenvalue weighted by molar-refractivity contribution is -0.153. The van der Waals surface area contributed by atoms with E-state index in [-0.39, 0.29) is 50.8 Å². The molecule has 0 aliphatic heterocycles. The minimum Gasteiger partial charge on any atom is -0.450 e. The summed E-state index contributed by atoms with van der Waals surface area (Å²) in [5, 5.41) is 0. The Morgan fingerprint density at radius 1 is 0.519 bits per heavy atom. The van der Waals surface area contributed by atoms with Crippen molar-refractivity contribution in [1.82, 2.24) is 14.7 Å². The number of carbonyl (C=O) groups excluding carboxylic acids is 4. The molecule has 0 aliphatic rings. The maximum atomic E-state index is 10.5. The number of carbonyl (C=O) groups is 4. The predicted octanol–water partition coefficient (Wildman–Crippen LogP) is -0.192. The van der Waals surface area contributed by atoms with Crippen molar-refractivity contribution in [3.63, 3.8) is 0 Å². The van der Waals surface area contributed by atoms with E-state index in [1.807, 2.05) is 0 Å². The van der Waals surface area contributed by atoms with Gasteiger partial charge in [-0.05, 0) is 21.1 Å². The predicted molar refractivity (Wildman–Crippen MR) is 94.7 cm³/mol. The summed E-state index contributed by atoms with van der Waals surface area (Å²) >= 11 is 0. The van der Waals surface area contributed by atoms with E-state index >= 15 is 0 Å². The van der Waals surface area contributed by atoms with Gasteiger partial charge in [0.25, 0.3) is 0 Å². The SMILES string of the molecule is CC(=O)OCN(C)CN(C)COC(C)=O.CC(=O)OCN(C)COC(C)=O. The number of nitrogens with zero attached hydrogens (tertiary/aromatic N) is 3. The highest BCUT2D eigenvalue weighted by Crippen LogP contribution is 1.91. The average Bonchev–Trinajstić information content (AvgIpc) is 2.55. The van der Waals surface area contributed by atoms with Crippen molar-refractivity contribution in [2.75, 3.05) is 54.7 Å². The van der Waals surface area contributed by atoms with E-state index < -0.39 is 0 Å². The van der Waals surface area contributed by atoms with E-state index in [4.69, 9.17) is 9.47 Å². The fourth-order valence-corrected chi connectivity index (χ4v) is 1.34. The fraction of sp³-hybridized carbons (Fsp3) is 0.750. The fourth-order valence-electron chi connectivity index (χ4n) is 1.34. The first kappa shape index (κ1) is 27.0. The van der Waals surface area contributed by atoms with E-state index in [9.17, 15) is 19.2 Å². The largest absolute Gasteiger partial charge is 0.450 e. The molecule has 0 radical (unpaired) electrons. The molecular formula is C16H31N3O8. The molecule has 11 heteroatoms. The van der Waals surface area contributed by atoms with Gasteiger partial charge >= 0.3 is 23.9 Å². The van der Waals surface area contributed by atoms with Crippen LogP contribution in [-0.2, 0) is 38.1 Å². The highest BCUT2D eigenvalue weighted by atomic mass is 16.6. The smallest absolute Gasteiger partial charge is 0.303 e. The first-order valence-corrected chi connectivity index (χ1v) is 8.03. The van der Waals surface area contributed by atoms with E-state index in [2.05, 4.69) is 9.47 Å². The van der Waals surface area contributed by atoms with Crippen molar-refractivity contribution in [1.29, 1.82) is 0 Å². The molecule has 0 atom stereocenters. The molecule has 0 aliphatic carbocycles. The van der Waals surface area contributed by atoms with E-state index in [1.54, 1.807) is 35.8 Å². The Labute approximate surface area is 160 Å². The maximum absolute atomic E-state index is 10.5. The van der Waals surface area contributed by atoms with Crippen molar-refractivity contribution in [2.24, 2.45) is 0 Å². The summed E-state index contributed by atoms with van der Waals surface area (Å²) in [4.78, 5) is 46.8. The molecule has 0 rings (SSSR count). The second-order valence-electron chi connectivity index (χ2n) is 5.77. The molecule has 0 saturated carbocycles. The topological polar surface area (TPSA) is 115 Å². The Morgan fingerprint density at radius 3 is 0.963 bits per heavy atom. The molecule has 0 amide bonds. The van der Waals surface area contributed by atoms with Gasteiger partial charge in [0, 0.05) is 27.7 Å². The van der Waals surface area contributed by atoms with Crippen LogP contribution in [0, 0.1) is 0 Å². The van der Waals surface area contributed by atoms with Crippen LogP contribution in [0.5, 0.6) is 0 Å². The lowest BCUT2D eigenvalue weighted by Crippen LogP contribution is -2.36. The first-order chi connectivity index (χ1) is 12.4. The minimum atomic E-state index is -0.357. The molecule has 0 heterocycles. The molecule has 0 bridgehead atoms. The third-order valence-corrected chi connectivity index (χ3v) is 2.44.